The average Bonchev–Trinajstić information content (AvgIpc) is 2.58. The molecule has 2 aliphatic rings. The molecule has 0 unspecified atom stereocenters. The van der Waals surface area contributed by atoms with Crippen molar-refractivity contribution in [2.24, 2.45) is 5.92 Å². The number of aryl methyl sites for hydroxylation is 2. The number of rotatable bonds is 6. The first-order chi connectivity index (χ1) is 12.8. The first kappa shape index (κ1) is 19.9. The zero-order valence-electron chi connectivity index (χ0n) is 16.9. The van der Waals surface area contributed by atoms with Gasteiger partial charge in [-0.1, -0.05) is 17.2 Å². The summed E-state index contributed by atoms with van der Waals surface area (Å²) in [6.45, 7) is 9.23. The third-order valence-electron chi connectivity index (χ3n) is 6.01. The number of piperidine rings is 1. The van der Waals surface area contributed by atoms with Crippen molar-refractivity contribution in [3.8, 4) is 0 Å². The number of hydrogen-bond donors (Lipinski definition) is 2. The van der Waals surface area contributed by atoms with Gasteiger partial charge in [0, 0.05) is 17.6 Å². The van der Waals surface area contributed by atoms with Crippen LogP contribution in [-0.4, -0.2) is 48.4 Å². The van der Waals surface area contributed by atoms with Crippen LogP contribution in [0.15, 0.2) is 18.2 Å². The highest BCUT2D eigenvalue weighted by atomic mass is 16.2. The van der Waals surface area contributed by atoms with Crippen LogP contribution in [0.4, 0.5) is 0 Å². The molecule has 1 aliphatic heterocycles. The van der Waals surface area contributed by atoms with Crippen LogP contribution < -0.4 is 10.6 Å². The lowest BCUT2D eigenvalue weighted by atomic mass is 9.78. The molecule has 5 heteroatoms. The van der Waals surface area contributed by atoms with Crippen LogP contribution in [0.5, 0.6) is 0 Å². The Morgan fingerprint density at radius 3 is 2.30 bits per heavy atom. The quantitative estimate of drug-likeness (QED) is 0.808. The highest BCUT2D eigenvalue weighted by molar-refractivity contribution is 5.94. The zero-order valence-corrected chi connectivity index (χ0v) is 16.9. The van der Waals surface area contributed by atoms with E-state index >= 15 is 0 Å². The summed E-state index contributed by atoms with van der Waals surface area (Å²) in [6, 6.07) is 5.95. The van der Waals surface area contributed by atoms with Gasteiger partial charge in [0.05, 0.1) is 6.54 Å². The molecule has 0 radical (unpaired) electrons. The van der Waals surface area contributed by atoms with Crippen molar-refractivity contribution in [3.05, 3.63) is 34.9 Å². The summed E-state index contributed by atoms with van der Waals surface area (Å²) in [5.74, 6) is 0.652. The van der Waals surface area contributed by atoms with Crippen molar-refractivity contribution in [3.63, 3.8) is 0 Å². The minimum absolute atomic E-state index is 0.0114. The summed E-state index contributed by atoms with van der Waals surface area (Å²) in [4.78, 5) is 26.8. The number of benzene rings is 1. The lowest BCUT2D eigenvalue weighted by Crippen LogP contribution is -2.54. The van der Waals surface area contributed by atoms with Crippen molar-refractivity contribution in [2.45, 2.75) is 58.4 Å². The van der Waals surface area contributed by atoms with Crippen LogP contribution in [0.3, 0.4) is 0 Å². The molecule has 0 aromatic heterocycles. The second-order valence-corrected chi connectivity index (χ2v) is 8.77. The molecule has 0 spiro atoms. The van der Waals surface area contributed by atoms with Crippen molar-refractivity contribution in [2.75, 3.05) is 26.2 Å². The summed E-state index contributed by atoms with van der Waals surface area (Å²) in [6.07, 6.45) is 5.47. The summed E-state index contributed by atoms with van der Waals surface area (Å²) in [7, 11) is 0. The van der Waals surface area contributed by atoms with Crippen LogP contribution in [0, 0.1) is 19.8 Å². The fraction of sp³-hybridized carbons (Fsp3) is 0.636. The van der Waals surface area contributed by atoms with Gasteiger partial charge in [-0.3, -0.25) is 14.5 Å². The minimum Gasteiger partial charge on any atom is -0.352 e. The fourth-order valence-corrected chi connectivity index (χ4v) is 4.20. The smallest absolute Gasteiger partial charge is 0.251 e. The van der Waals surface area contributed by atoms with Gasteiger partial charge in [-0.25, -0.2) is 0 Å². The van der Waals surface area contributed by atoms with E-state index in [0.29, 0.717) is 19.0 Å². The van der Waals surface area contributed by atoms with E-state index in [1.165, 1.54) is 6.42 Å². The Morgan fingerprint density at radius 1 is 1.11 bits per heavy atom. The van der Waals surface area contributed by atoms with E-state index in [1.54, 1.807) is 0 Å². The van der Waals surface area contributed by atoms with Gasteiger partial charge >= 0.3 is 0 Å². The van der Waals surface area contributed by atoms with E-state index in [-0.39, 0.29) is 17.4 Å². The van der Waals surface area contributed by atoms with Crippen molar-refractivity contribution in [1.29, 1.82) is 0 Å². The molecule has 27 heavy (non-hydrogen) atoms. The third kappa shape index (κ3) is 5.55. The minimum atomic E-state index is 0.0114. The first-order valence-corrected chi connectivity index (χ1v) is 10.2. The van der Waals surface area contributed by atoms with Gasteiger partial charge in [0.15, 0.2) is 0 Å². The zero-order chi connectivity index (χ0) is 19.4. The van der Waals surface area contributed by atoms with Gasteiger partial charge in [0.25, 0.3) is 5.91 Å². The topological polar surface area (TPSA) is 61.4 Å². The molecule has 2 amide bonds. The highest BCUT2D eigenvalue weighted by Crippen LogP contribution is 2.30. The molecule has 5 nitrogen and oxygen atoms in total. The lowest BCUT2D eigenvalue weighted by Gasteiger charge is -2.40. The van der Waals surface area contributed by atoms with Gasteiger partial charge in [0.2, 0.25) is 5.91 Å². The molecular formula is C22H33N3O2. The van der Waals surface area contributed by atoms with E-state index in [2.05, 4.69) is 28.5 Å². The molecule has 1 aliphatic carbocycles. The molecule has 1 saturated carbocycles. The Kier molecular flexibility index (Phi) is 6.20. The molecule has 3 rings (SSSR count). The van der Waals surface area contributed by atoms with Crippen LogP contribution in [0.2, 0.25) is 0 Å². The van der Waals surface area contributed by atoms with Crippen LogP contribution in [-0.2, 0) is 4.79 Å². The molecular weight excluding hydrogens is 338 g/mol. The Bertz CT molecular complexity index is 669. The number of likely N-dealkylation sites (tertiary alicyclic amines) is 1. The van der Waals surface area contributed by atoms with E-state index < -0.39 is 0 Å². The van der Waals surface area contributed by atoms with E-state index in [9.17, 15) is 9.59 Å². The number of hydrogen-bond acceptors (Lipinski definition) is 3. The molecule has 1 aromatic rings. The maximum absolute atomic E-state index is 12.4. The Morgan fingerprint density at radius 2 is 1.74 bits per heavy atom. The molecule has 2 fully saturated rings. The van der Waals surface area contributed by atoms with E-state index in [4.69, 9.17) is 0 Å². The third-order valence-corrected chi connectivity index (χ3v) is 6.01. The molecule has 2 N–H and O–H groups in total. The maximum atomic E-state index is 12.4. The predicted molar refractivity (Wildman–Crippen MR) is 108 cm³/mol. The summed E-state index contributed by atoms with van der Waals surface area (Å²) in [5, 5.41) is 6.27. The Labute approximate surface area is 162 Å². The van der Waals surface area contributed by atoms with E-state index in [1.807, 2.05) is 26.0 Å². The standard InChI is InChI=1S/C22H33N3O2/c1-16-11-17(2)13-19(12-16)21(27)23-14-18-5-9-25(10-6-18)15-20(26)24-22(3)7-4-8-22/h11-13,18H,4-10,14-15H2,1-3H3,(H,23,27)(H,24,26). The number of amides is 2. The van der Waals surface area contributed by atoms with Crippen LogP contribution >= 0.6 is 0 Å². The van der Waals surface area contributed by atoms with Gasteiger partial charge in [-0.15, -0.1) is 0 Å². The predicted octanol–water partition coefficient (Wildman–Crippen LogP) is 2.80. The molecule has 1 heterocycles. The van der Waals surface area contributed by atoms with Crippen molar-refractivity contribution >= 4 is 11.8 Å². The number of carbonyl (C=O) groups is 2. The summed E-state index contributed by atoms with van der Waals surface area (Å²) in [5.41, 5.74) is 3.00. The molecule has 1 saturated heterocycles. The monoisotopic (exact) mass is 371 g/mol. The number of carbonyl (C=O) groups excluding carboxylic acids is 2. The van der Waals surface area contributed by atoms with Gasteiger partial charge in [-0.2, -0.15) is 0 Å². The Hall–Kier alpha value is -1.88. The molecule has 1 aromatic carbocycles. The number of nitrogens with zero attached hydrogens (tertiary/aromatic N) is 1. The first-order valence-electron chi connectivity index (χ1n) is 10.2. The van der Waals surface area contributed by atoms with Gasteiger partial charge in [-0.05, 0) is 84.0 Å². The Balaban J connectivity index is 1.38. The molecule has 0 atom stereocenters. The summed E-state index contributed by atoms with van der Waals surface area (Å²) >= 11 is 0. The second kappa shape index (κ2) is 8.42. The lowest BCUT2D eigenvalue weighted by molar-refractivity contribution is -0.125. The van der Waals surface area contributed by atoms with Crippen molar-refractivity contribution in [1.82, 2.24) is 15.5 Å². The highest BCUT2D eigenvalue weighted by Gasteiger charge is 2.33. The molecule has 148 valence electrons. The van der Waals surface area contributed by atoms with Gasteiger partial charge < -0.3 is 10.6 Å². The largest absolute Gasteiger partial charge is 0.352 e. The fourth-order valence-electron chi connectivity index (χ4n) is 4.20. The SMILES string of the molecule is Cc1cc(C)cc(C(=O)NCC2CCN(CC(=O)NC3(C)CCC3)CC2)c1. The van der Waals surface area contributed by atoms with Crippen molar-refractivity contribution < 1.29 is 9.59 Å². The second-order valence-electron chi connectivity index (χ2n) is 8.77. The summed E-state index contributed by atoms with van der Waals surface area (Å²) < 4.78 is 0. The average molecular weight is 372 g/mol. The maximum Gasteiger partial charge on any atom is 0.251 e. The van der Waals surface area contributed by atoms with Crippen LogP contribution in [0.1, 0.15) is 60.5 Å². The van der Waals surface area contributed by atoms with Crippen LogP contribution in [0.25, 0.3) is 0 Å². The van der Waals surface area contributed by atoms with Gasteiger partial charge in [0.1, 0.15) is 0 Å². The van der Waals surface area contributed by atoms with E-state index in [0.717, 1.165) is 55.5 Å². The normalized spacial score (nSPS) is 20.0. The number of nitrogens with one attached hydrogen (secondary N) is 2. The molecule has 0 bridgehead atoms.